The Morgan fingerprint density at radius 1 is 1.10 bits per heavy atom. The highest BCUT2D eigenvalue weighted by Gasteiger charge is 2.54. The Labute approximate surface area is 167 Å². The number of carboxylic acid groups (broad SMARTS) is 1. The van der Waals surface area contributed by atoms with Gasteiger partial charge in [-0.1, -0.05) is 20.8 Å². The smallest absolute Gasteiger partial charge is 0.416 e. The van der Waals surface area contributed by atoms with Crippen LogP contribution in [0.15, 0.2) is 24.3 Å². The maximum absolute atomic E-state index is 13.2. The molecule has 2 aliphatic rings. The van der Waals surface area contributed by atoms with Gasteiger partial charge < -0.3 is 9.84 Å². The lowest BCUT2D eigenvalue weighted by molar-refractivity contribution is -0.144. The Morgan fingerprint density at radius 2 is 1.66 bits per heavy atom. The average molecular weight is 413 g/mol. The van der Waals surface area contributed by atoms with Gasteiger partial charge in [0, 0.05) is 5.56 Å². The summed E-state index contributed by atoms with van der Waals surface area (Å²) in [5.74, 6) is -1.37. The fourth-order valence-corrected chi connectivity index (χ4v) is 4.43. The SMILES string of the molecule is CC(C)(C)C1CCC2(CC1)OC[C@@H](C(=O)O)N2C(=O)c1ccc(C(F)(F)F)cc1. The van der Waals surface area contributed by atoms with Gasteiger partial charge in [-0.3, -0.25) is 9.69 Å². The molecule has 0 unspecified atom stereocenters. The van der Waals surface area contributed by atoms with Crippen LogP contribution in [0.2, 0.25) is 0 Å². The van der Waals surface area contributed by atoms with Gasteiger partial charge in [0.25, 0.3) is 5.91 Å². The molecule has 1 aromatic rings. The predicted molar refractivity (Wildman–Crippen MR) is 99.1 cm³/mol. The van der Waals surface area contributed by atoms with Gasteiger partial charge in [0.15, 0.2) is 6.04 Å². The zero-order chi connectivity index (χ0) is 21.6. The average Bonchev–Trinajstić information content (AvgIpc) is 2.99. The van der Waals surface area contributed by atoms with Crippen molar-refractivity contribution >= 4 is 11.9 Å². The lowest BCUT2D eigenvalue weighted by atomic mass is 9.70. The Morgan fingerprint density at radius 3 is 2.10 bits per heavy atom. The summed E-state index contributed by atoms with van der Waals surface area (Å²) in [5, 5.41) is 9.60. The normalized spacial score (nSPS) is 28.0. The van der Waals surface area contributed by atoms with Crippen LogP contribution in [0.25, 0.3) is 0 Å². The van der Waals surface area contributed by atoms with E-state index < -0.39 is 35.4 Å². The molecule has 1 N–H and O–H groups in total. The van der Waals surface area contributed by atoms with Gasteiger partial charge in [0.2, 0.25) is 0 Å². The van der Waals surface area contributed by atoms with E-state index in [0.717, 1.165) is 37.1 Å². The summed E-state index contributed by atoms with van der Waals surface area (Å²) >= 11 is 0. The largest absolute Gasteiger partial charge is 0.480 e. The van der Waals surface area contributed by atoms with Gasteiger partial charge in [-0.2, -0.15) is 13.2 Å². The first-order valence-electron chi connectivity index (χ1n) is 9.73. The van der Waals surface area contributed by atoms with Crippen molar-refractivity contribution in [1.82, 2.24) is 4.90 Å². The maximum Gasteiger partial charge on any atom is 0.416 e. The molecule has 1 spiro atoms. The number of hydrogen-bond acceptors (Lipinski definition) is 3. The zero-order valence-electron chi connectivity index (χ0n) is 16.8. The molecule has 160 valence electrons. The number of ether oxygens (including phenoxy) is 1. The molecule has 1 atom stereocenters. The van der Waals surface area contributed by atoms with Crippen molar-refractivity contribution in [3.63, 3.8) is 0 Å². The van der Waals surface area contributed by atoms with Gasteiger partial charge >= 0.3 is 12.1 Å². The van der Waals surface area contributed by atoms with Gasteiger partial charge in [-0.05, 0) is 61.3 Å². The van der Waals surface area contributed by atoms with Crippen molar-refractivity contribution in [2.75, 3.05) is 6.61 Å². The molecular formula is C21H26F3NO4. The van der Waals surface area contributed by atoms with Crippen molar-refractivity contribution in [3.8, 4) is 0 Å². The zero-order valence-corrected chi connectivity index (χ0v) is 16.8. The first-order chi connectivity index (χ1) is 13.3. The monoisotopic (exact) mass is 413 g/mol. The molecule has 2 fully saturated rings. The fraction of sp³-hybridized carbons (Fsp3) is 0.619. The van der Waals surface area contributed by atoms with Crippen LogP contribution in [0, 0.1) is 11.3 Å². The second kappa shape index (κ2) is 7.31. The molecule has 0 aromatic heterocycles. The summed E-state index contributed by atoms with van der Waals surface area (Å²) in [6, 6.07) is 2.70. The molecule has 1 aromatic carbocycles. The van der Waals surface area contributed by atoms with Crippen LogP contribution >= 0.6 is 0 Å². The van der Waals surface area contributed by atoms with E-state index in [1.807, 2.05) is 0 Å². The summed E-state index contributed by atoms with van der Waals surface area (Å²) in [6.07, 6.45) is -1.93. The first kappa shape index (κ1) is 21.6. The molecule has 1 heterocycles. The number of carbonyl (C=O) groups is 2. The molecule has 0 bridgehead atoms. The number of carbonyl (C=O) groups excluding carboxylic acids is 1. The molecule has 5 nitrogen and oxygen atoms in total. The van der Waals surface area contributed by atoms with Crippen LogP contribution in [0.5, 0.6) is 0 Å². The minimum absolute atomic E-state index is 0.0204. The number of benzene rings is 1. The fourth-order valence-electron chi connectivity index (χ4n) is 4.43. The number of halogens is 3. The topological polar surface area (TPSA) is 66.8 Å². The van der Waals surface area contributed by atoms with E-state index in [1.54, 1.807) is 0 Å². The van der Waals surface area contributed by atoms with Crippen LogP contribution in [0.3, 0.4) is 0 Å². The molecule has 0 radical (unpaired) electrons. The summed E-state index contributed by atoms with van der Waals surface area (Å²) in [4.78, 5) is 26.2. The van der Waals surface area contributed by atoms with Crippen molar-refractivity contribution in [3.05, 3.63) is 35.4 Å². The van der Waals surface area contributed by atoms with Crippen LogP contribution in [0.1, 0.15) is 62.4 Å². The Balaban J connectivity index is 1.88. The maximum atomic E-state index is 13.2. The minimum atomic E-state index is -4.51. The summed E-state index contributed by atoms with van der Waals surface area (Å²) in [6.45, 7) is 6.32. The quantitative estimate of drug-likeness (QED) is 0.772. The minimum Gasteiger partial charge on any atom is -0.480 e. The molecule has 29 heavy (non-hydrogen) atoms. The van der Waals surface area contributed by atoms with E-state index >= 15 is 0 Å². The second-order valence-corrected chi connectivity index (χ2v) is 9.00. The van der Waals surface area contributed by atoms with Gasteiger partial charge in [0.05, 0.1) is 12.2 Å². The van der Waals surface area contributed by atoms with Crippen LogP contribution in [-0.4, -0.2) is 40.3 Å². The number of carboxylic acids is 1. The number of nitrogens with zero attached hydrogens (tertiary/aromatic N) is 1. The van der Waals surface area contributed by atoms with Crippen LogP contribution in [-0.2, 0) is 15.7 Å². The molecule has 1 aliphatic carbocycles. The molecule has 1 saturated carbocycles. The van der Waals surface area contributed by atoms with E-state index in [0.29, 0.717) is 18.8 Å². The molecule has 1 saturated heterocycles. The number of alkyl halides is 3. The summed E-state index contributed by atoms with van der Waals surface area (Å²) in [5.41, 5.74) is -1.77. The van der Waals surface area contributed by atoms with Gasteiger partial charge in [-0.25, -0.2) is 4.79 Å². The van der Waals surface area contributed by atoms with Crippen molar-refractivity contribution < 1.29 is 32.6 Å². The van der Waals surface area contributed by atoms with E-state index in [1.165, 1.54) is 4.90 Å². The van der Waals surface area contributed by atoms with E-state index in [-0.39, 0.29) is 17.6 Å². The van der Waals surface area contributed by atoms with Crippen LogP contribution in [0.4, 0.5) is 13.2 Å². The Bertz CT molecular complexity index is 775. The first-order valence-corrected chi connectivity index (χ1v) is 9.73. The highest BCUT2D eigenvalue weighted by atomic mass is 19.4. The number of rotatable bonds is 2. The second-order valence-electron chi connectivity index (χ2n) is 9.00. The van der Waals surface area contributed by atoms with E-state index in [4.69, 9.17) is 4.74 Å². The van der Waals surface area contributed by atoms with Gasteiger partial charge in [0.1, 0.15) is 5.72 Å². The third kappa shape index (κ3) is 4.13. The highest BCUT2D eigenvalue weighted by molar-refractivity contribution is 5.97. The van der Waals surface area contributed by atoms with Crippen molar-refractivity contribution in [1.29, 1.82) is 0 Å². The van der Waals surface area contributed by atoms with Crippen molar-refractivity contribution in [2.24, 2.45) is 11.3 Å². The van der Waals surface area contributed by atoms with Crippen molar-refractivity contribution in [2.45, 2.75) is 64.4 Å². The standard InChI is InChI=1S/C21H26F3NO4/c1-19(2,3)14-8-10-20(11-9-14)25(16(12-29-20)18(27)28)17(26)13-4-6-15(7-5-13)21(22,23)24/h4-7,14,16H,8-12H2,1-3H3,(H,27,28)/t14?,16-,20?/m0/s1. The van der Waals surface area contributed by atoms with E-state index in [2.05, 4.69) is 20.8 Å². The lowest BCUT2D eigenvalue weighted by Gasteiger charge is -2.46. The molecule has 1 amide bonds. The number of amides is 1. The molecule has 1 aliphatic heterocycles. The Hall–Kier alpha value is -2.09. The molecule has 8 heteroatoms. The molecular weight excluding hydrogens is 387 g/mol. The van der Waals surface area contributed by atoms with E-state index in [9.17, 15) is 27.9 Å². The van der Waals surface area contributed by atoms with Crippen LogP contribution < -0.4 is 0 Å². The third-order valence-corrected chi connectivity index (χ3v) is 6.22. The predicted octanol–water partition coefficient (Wildman–Crippen LogP) is 4.56. The number of aliphatic carboxylic acids is 1. The van der Waals surface area contributed by atoms with Gasteiger partial charge in [-0.15, -0.1) is 0 Å². The third-order valence-electron chi connectivity index (χ3n) is 6.22. The number of hydrogen-bond donors (Lipinski definition) is 1. The Kier molecular flexibility index (Phi) is 5.45. The summed E-state index contributed by atoms with van der Waals surface area (Å²) in [7, 11) is 0. The highest BCUT2D eigenvalue weighted by Crippen LogP contribution is 2.47. The lowest BCUT2D eigenvalue weighted by Crippen LogP contribution is -2.55. The summed E-state index contributed by atoms with van der Waals surface area (Å²) < 4.78 is 44.3. The molecule has 3 rings (SSSR count).